The molecule has 0 unspecified atom stereocenters. The van der Waals surface area contributed by atoms with E-state index in [2.05, 4.69) is 16.5 Å². The van der Waals surface area contributed by atoms with E-state index in [1.807, 2.05) is 0 Å². The number of carbonyl (C=O) groups excluding carboxylic acids is 1. The topological polar surface area (TPSA) is 42.9 Å². The highest BCUT2D eigenvalue weighted by Crippen LogP contribution is 2.14. The van der Waals surface area contributed by atoms with Crippen LogP contribution in [0.15, 0.2) is 43.2 Å². The number of halogens is 2. The molecule has 0 fully saturated rings. The fraction of sp³-hybridized carbons (Fsp3) is 0. The van der Waals surface area contributed by atoms with Crippen molar-refractivity contribution in [2.45, 2.75) is 0 Å². The number of benzene rings is 1. The largest absolute Gasteiger partial charge is 0.288 e. The molecular formula is C13H8F2N2O. The molecule has 2 rings (SSSR count). The molecule has 0 N–H and O–H groups in total. The summed E-state index contributed by atoms with van der Waals surface area (Å²) in [5.41, 5.74) is 0.302. The molecule has 0 saturated carbocycles. The van der Waals surface area contributed by atoms with Gasteiger partial charge in [-0.15, -0.1) is 0 Å². The lowest BCUT2D eigenvalue weighted by Crippen LogP contribution is -2.05. The maximum atomic E-state index is 12.7. The molecule has 0 atom stereocenters. The van der Waals surface area contributed by atoms with E-state index in [4.69, 9.17) is 0 Å². The fourth-order valence-electron chi connectivity index (χ4n) is 1.35. The van der Waals surface area contributed by atoms with Crippen LogP contribution in [0.3, 0.4) is 0 Å². The Morgan fingerprint density at radius 2 is 1.56 bits per heavy atom. The Bertz CT molecular complexity index is 536. The van der Waals surface area contributed by atoms with Crippen LogP contribution in [0.25, 0.3) is 5.57 Å². The zero-order valence-corrected chi connectivity index (χ0v) is 9.23. The summed E-state index contributed by atoms with van der Waals surface area (Å²) in [6.07, 6.45) is 1.90. The second kappa shape index (κ2) is 4.83. The van der Waals surface area contributed by atoms with Crippen molar-refractivity contribution >= 4 is 11.4 Å². The van der Waals surface area contributed by atoms with Gasteiger partial charge in [0, 0.05) is 5.56 Å². The number of hydrogen-bond donors (Lipinski definition) is 0. The molecule has 0 aliphatic carbocycles. The number of carbonyl (C=O) groups is 1. The molecule has 90 valence electrons. The molecule has 0 aliphatic rings. The van der Waals surface area contributed by atoms with Crippen molar-refractivity contribution in [1.82, 2.24) is 9.97 Å². The molecular weight excluding hydrogens is 238 g/mol. The van der Waals surface area contributed by atoms with E-state index in [-0.39, 0.29) is 17.0 Å². The Kier molecular flexibility index (Phi) is 3.23. The third-order valence-corrected chi connectivity index (χ3v) is 2.27. The number of ketones is 1. The molecule has 0 bridgehead atoms. The number of aromatic nitrogens is 2. The van der Waals surface area contributed by atoms with E-state index in [0.717, 1.165) is 12.4 Å². The number of nitrogens with zero attached hydrogens (tertiary/aromatic N) is 2. The highest BCUT2D eigenvalue weighted by Gasteiger charge is 2.14. The van der Waals surface area contributed by atoms with Gasteiger partial charge in [-0.25, -0.2) is 18.7 Å². The van der Waals surface area contributed by atoms with Crippen LogP contribution in [0.2, 0.25) is 0 Å². The molecule has 1 aromatic carbocycles. The molecule has 1 aromatic heterocycles. The number of allylic oxidation sites excluding steroid dienone is 1. The van der Waals surface area contributed by atoms with Gasteiger partial charge in [0.05, 0.1) is 18.0 Å². The van der Waals surface area contributed by atoms with Gasteiger partial charge < -0.3 is 0 Å². The summed E-state index contributed by atoms with van der Waals surface area (Å²) in [5, 5.41) is 0. The van der Waals surface area contributed by atoms with Crippen LogP contribution < -0.4 is 0 Å². The standard InChI is InChI=1S/C13H8F2N2O/c1-8(13-16-6-11(15)7-17-13)12(18)9-2-4-10(14)5-3-9/h2-7H,1H2. The minimum atomic E-state index is -0.596. The summed E-state index contributed by atoms with van der Waals surface area (Å²) < 4.78 is 25.4. The Morgan fingerprint density at radius 3 is 2.11 bits per heavy atom. The van der Waals surface area contributed by atoms with Gasteiger partial charge in [-0.3, -0.25) is 4.79 Å². The molecule has 0 saturated heterocycles. The number of rotatable bonds is 3. The number of hydrogen-bond acceptors (Lipinski definition) is 3. The van der Waals surface area contributed by atoms with Gasteiger partial charge in [-0.1, -0.05) is 6.58 Å². The third-order valence-electron chi connectivity index (χ3n) is 2.27. The first-order valence-electron chi connectivity index (χ1n) is 5.05. The van der Waals surface area contributed by atoms with Gasteiger partial charge in [-0.2, -0.15) is 0 Å². The highest BCUT2D eigenvalue weighted by molar-refractivity contribution is 6.27. The summed E-state index contributed by atoms with van der Waals surface area (Å²) in [5.74, 6) is -1.41. The second-order valence-corrected chi connectivity index (χ2v) is 3.54. The van der Waals surface area contributed by atoms with Gasteiger partial charge in [0.25, 0.3) is 0 Å². The van der Waals surface area contributed by atoms with Crippen LogP contribution in [0, 0.1) is 11.6 Å². The first kappa shape index (κ1) is 12.0. The first-order chi connectivity index (χ1) is 8.58. The van der Waals surface area contributed by atoms with Gasteiger partial charge in [0.1, 0.15) is 5.82 Å². The highest BCUT2D eigenvalue weighted by atomic mass is 19.1. The summed E-state index contributed by atoms with van der Waals surface area (Å²) in [4.78, 5) is 19.3. The molecule has 0 aliphatic heterocycles. The minimum Gasteiger partial charge on any atom is -0.288 e. The summed E-state index contributed by atoms with van der Waals surface area (Å²) >= 11 is 0. The van der Waals surface area contributed by atoms with E-state index in [9.17, 15) is 13.6 Å². The Labute approximate surface area is 102 Å². The maximum Gasteiger partial charge on any atom is 0.196 e. The molecule has 0 amide bonds. The van der Waals surface area contributed by atoms with Crippen molar-refractivity contribution in [3.8, 4) is 0 Å². The Morgan fingerprint density at radius 1 is 1.00 bits per heavy atom. The first-order valence-corrected chi connectivity index (χ1v) is 5.05. The molecule has 3 nitrogen and oxygen atoms in total. The van der Waals surface area contributed by atoms with E-state index >= 15 is 0 Å². The van der Waals surface area contributed by atoms with Gasteiger partial charge in [-0.05, 0) is 24.3 Å². The predicted octanol–water partition coefficient (Wildman–Crippen LogP) is 2.65. The quantitative estimate of drug-likeness (QED) is 0.617. The minimum absolute atomic E-state index is 0.0293. The average Bonchev–Trinajstić information content (AvgIpc) is 2.39. The van der Waals surface area contributed by atoms with Crippen LogP contribution in [0.1, 0.15) is 16.2 Å². The van der Waals surface area contributed by atoms with E-state index in [1.54, 1.807) is 0 Å². The zero-order valence-electron chi connectivity index (χ0n) is 9.23. The fourth-order valence-corrected chi connectivity index (χ4v) is 1.35. The van der Waals surface area contributed by atoms with Gasteiger partial charge >= 0.3 is 0 Å². The lowest BCUT2D eigenvalue weighted by atomic mass is 10.0. The van der Waals surface area contributed by atoms with Crippen molar-refractivity contribution in [1.29, 1.82) is 0 Å². The van der Waals surface area contributed by atoms with Crippen LogP contribution in [-0.4, -0.2) is 15.8 Å². The molecule has 1 heterocycles. The van der Waals surface area contributed by atoms with Gasteiger partial charge in [0.15, 0.2) is 17.4 Å². The maximum absolute atomic E-state index is 12.7. The van der Waals surface area contributed by atoms with Crippen LogP contribution in [-0.2, 0) is 0 Å². The van der Waals surface area contributed by atoms with E-state index in [0.29, 0.717) is 0 Å². The normalized spacial score (nSPS) is 10.1. The Hall–Kier alpha value is -2.43. The SMILES string of the molecule is C=C(C(=O)c1ccc(F)cc1)c1ncc(F)cn1. The molecule has 2 aromatic rings. The lowest BCUT2D eigenvalue weighted by molar-refractivity contribution is 0.105. The summed E-state index contributed by atoms with van der Waals surface area (Å²) in [6.45, 7) is 3.56. The molecule has 18 heavy (non-hydrogen) atoms. The van der Waals surface area contributed by atoms with E-state index < -0.39 is 17.4 Å². The summed E-state index contributed by atoms with van der Waals surface area (Å²) in [7, 11) is 0. The lowest BCUT2D eigenvalue weighted by Gasteiger charge is -2.03. The second-order valence-electron chi connectivity index (χ2n) is 3.54. The van der Waals surface area contributed by atoms with Crippen LogP contribution in [0.5, 0.6) is 0 Å². The van der Waals surface area contributed by atoms with Crippen LogP contribution in [0.4, 0.5) is 8.78 Å². The molecule has 0 spiro atoms. The van der Waals surface area contributed by atoms with Crippen molar-refractivity contribution in [3.63, 3.8) is 0 Å². The van der Waals surface area contributed by atoms with Crippen molar-refractivity contribution < 1.29 is 13.6 Å². The van der Waals surface area contributed by atoms with E-state index in [1.165, 1.54) is 24.3 Å². The predicted molar refractivity (Wildman–Crippen MR) is 61.8 cm³/mol. The van der Waals surface area contributed by atoms with Crippen molar-refractivity contribution in [2.75, 3.05) is 0 Å². The summed E-state index contributed by atoms with van der Waals surface area (Å²) in [6, 6.07) is 5.02. The zero-order chi connectivity index (χ0) is 13.1. The monoisotopic (exact) mass is 246 g/mol. The average molecular weight is 246 g/mol. The Balaban J connectivity index is 2.26. The number of Topliss-reactive ketones (excluding diaryl/α,β-unsaturated/α-hetero) is 1. The molecule has 5 heteroatoms. The third kappa shape index (κ3) is 2.45. The van der Waals surface area contributed by atoms with Crippen molar-refractivity contribution in [3.05, 3.63) is 66.3 Å². The smallest absolute Gasteiger partial charge is 0.196 e. The molecule has 0 radical (unpaired) electrons. The van der Waals surface area contributed by atoms with Crippen molar-refractivity contribution in [2.24, 2.45) is 0 Å². The van der Waals surface area contributed by atoms with Gasteiger partial charge in [0.2, 0.25) is 0 Å². The van der Waals surface area contributed by atoms with Crippen LogP contribution >= 0.6 is 0 Å².